The number of anilines is 1. The van der Waals surface area contributed by atoms with Gasteiger partial charge in [-0.05, 0) is 43.5 Å². The number of aryl methyl sites for hydroxylation is 2. The van der Waals surface area contributed by atoms with Crippen LogP contribution in [0.4, 0.5) is 5.00 Å². The third-order valence-electron chi connectivity index (χ3n) is 4.43. The molecular formula is C22H25NO8S. The SMILES string of the molecule is COC(=O)c1sc(NC(=O)COC(=O)CCOc2cc(C)ccc2C)c(C(=O)OC)c1C. The number of benzene rings is 1. The zero-order valence-electron chi connectivity index (χ0n) is 18.5. The lowest BCUT2D eigenvalue weighted by atomic mass is 10.1. The van der Waals surface area contributed by atoms with Crippen molar-refractivity contribution in [2.45, 2.75) is 27.2 Å². The number of methoxy groups -OCH3 is 2. The average Bonchev–Trinajstić information content (AvgIpc) is 3.09. The van der Waals surface area contributed by atoms with Crippen LogP contribution >= 0.6 is 11.3 Å². The fourth-order valence-corrected chi connectivity index (χ4v) is 3.85. The van der Waals surface area contributed by atoms with Crippen molar-refractivity contribution in [3.05, 3.63) is 45.3 Å². The highest BCUT2D eigenvalue weighted by atomic mass is 32.1. The van der Waals surface area contributed by atoms with E-state index in [2.05, 4.69) is 5.32 Å². The van der Waals surface area contributed by atoms with Crippen LogP contribution in [-0.4, -0.2) is 51.2 Å². The first-order valence-electron chi connectivity index (χ1n) is 9.63. The van der Waals surface area contributed by atoms with Crippen LogP contribution in [0, 0.1) is 20.8 Å². The smallest absolute Gasteiger partial charge is 0.348 e. The number of nitrogens with one attached hydrogen (secondary N) is 1. The summed E-state index contributed by atoms with van der Waals surface area (Å²) in [5, 5.41) is 2.59. The minimum Gasteiger partial charge on any atom is -0.493 e. The predicted octanol–water partition coefficient (Wildman–Crippen LogP) is 3.20. The van der Waals surface area contributed by atoms with Gasteiger partial charge in [0.25, 0.3) is 5.91 Å². The Bertz CT molecular complexity index is 1030. The van der Waals surface area contributed by atoms with Gasteiger partial charge in [0.05, 0.1) is 32.8 Å². The van der Waals surface area contributed by atoms with Gasteiger partial charge in [-0.3, -0.25) is 9.59 Å². The van der Waals surface area contributed by atoms with Gasteiger partial charge in [0.15, 0.2) is 6.61 Å². The number of esters is 3. The molecule has 1 amide bonds. The first-order valence-corrected chi connectivity index (χ1v) is 10.4. The average molecular weight is 464 g/mol. The number of hydrogen-bond donors (Lipinski definition) is 1. The van der Waals surface area contributed by atoms with Crippen molar-refractivity contribution in [1.82, 2.24) is 0 Å². The predicted molar refractivity (Wildman–Crippen MR) is 117 cm³/mol. The fourth-order valence-electron chi connectivity index (χ4n) is 2.72. The summed E-state index contributed by atoms with van der Waals surface area (Å²) in [6.07, 6.45) is -0.0430. The summed E-state index contributed by atoms with van der Waals surface area (Å²) in [6.45, 7) is 4.92. The Labute approximate surface area is 189 Å². The summed E-state index contributed by atoms with van der Waals surface area (Å²) >= 11 is 0.871. The van der Waals surface area contributed by atoms with E-state index in [1.54, 1.807) is 6.92 Å². The van der Waals surface area contributed by atoms with Gasteiger partial charge in [0.2, 0.25) is 0 Å². The molecule has 9 nitrogen and oxygen atoms in total. The molecule has 1 heterocycles. The molecule has 0 spiro atoms. The summed E-state index contributed by atoms with van der Waals surface area (Å²) in [6, 6.07) is 5.76. The minimum atomic E-state index is -0.718. The van der Waals surface area contributed by atoms with Crippen LogP contribution in [-0.2, 0) is 23.8 Å². The van der Waals surface area contributed by atoms with E-state index in [4.69, 9.17) is 18.9 Å². The highest BCUT2D eigenvalue weighted by molar-refractivity contribution is 7.18. The van der Waals surface area contributed by atoms with Crippen LogP contribution in [0.3, 0.4) is 0 Å². The molecule has 10 heteroatoms. The van der Waals surface area contributed by atoms with Crippen LogP contribution in [0.15, 0.2) is 18.2 Å². The summed E-state index contributed by atoms with van der Waals surface area (Å²) in [4.78, 5) is 48.3. The molecule has 0 aliphatic heterocycles. The maximum atomic E-state index is 12.2. The van der Waals surface area contributed by atoms with Gasteiger partial charge in [-0.15, -0.1) is 11.3 Å². The second-order valence-electron chi connectivity index (χ2n) is 6.82. The Balaban J connectivity index is 1.92. The number of amides is 1. The highest BCUT2D eigenvalue weighted by Crippen LogP contribution is 2.34. The highest BCUT2D eigenvalue weighted by Gasteiger charge is 2.27. The summed E-state index contributed by atoms with van der Waals surface area (Å²) < 4.78 is 20.0. The van der Waals surface area contributed by atoms with Gasteiger partial charge in [-0.2, -0.15) is 0 Å². The number of hydrogen-bond acceptors (Lipinski definition) is 9. The lowest BCUT2D eigenvalue weighted by Crippen LogP contribution is -2.22. The zero-order valence-corrected chi connectivity index (χ0v) is 19.3. The zero-order chi connectivity index (χ0) is 23.8. The van der Waals surface area contributed by atoms with Gasteiger partial charge in [0, 0.05) is 0 Å². The normalized spacial score (nSPS) is 10.3. The van der Waals surface area contributed by atoms with Crippen molar-refractivity contribution in [3.8, 4) is 5.75 Å². The summed E-state index contributed by atoms with van der Waals surface area (Å²) in [5.74, 6) is -1.97. The van der Waals surface area contributed by atoms with E-state index >= 15 is 0 Å². The Kier molecular flexibility index (Phi) is 8.77. The second-order valence-corrected chi connectivity index (χ2v) is 7.84. The Morgan fingerprint density at radius 1 is 1.00 bits per heavy atom. The number of rotatable bonds is 9. The number of ether oxygens (including phenoxy) is 4. The Morgan fingerprint density at radius 2 is 1.69 bits per heavy atom. The molecule has 32 heavy (non-hydrogen) atoms. The van der Waals surface area contributed by atoms with E-state index < -0.39 is 30.4 Å². The van der Waals surface area contributed by atoms with E-state index in [-0.39, 0.29) is 28.5 Å². The van der Waals surface area contributed by atoms with Gasteiger partial charge in [0.1, 0.15) is 15.6 Å². The first-order chi connectivity index (χ1) is 15.2. The lowest BCUT2D eigenvalue weighted by Gasteiger charge is -2.10. The molecule has 0 aliphatic rings. The fraction of sp³-hybridized carbons (Fsp3) is 0.364. The van der Waals surface area contributed by atoms with Gasteiger partial charge in [-0.25, -0.2) is 9.59 Å². The van der Waals surface area contributed by atoms with Crippen molar-refractivity contribution >= 4 is 40.2 Å². The van der Waals surface area contributed by atoms with E-state index in [1.165, 1.54) is 14.2 Å². The first kappa shape index (κ1) is 24.9. The van der Waals surface area contributed by atoms with Crippen LogP contribution < -0.4 is 10.1 Å². The molecule has 0 radical (unpaired) electrons. The lowest BCUT2D eigenvalue weighted by molar-refractivity contribution is -0.147. The maximum absolute atomic E-state index is 12.2. The molecule has 1 N–H and O–H groups in total. The standard InChI is InChI=1S/C22H25NO8S/c1-12-6-7-13(2)15(10-12)30-9-8-17(25)31-11-16(24)23-20-18(21(26)28-4)14(3)19(32-20)22(27)29-5/h6-7,10H,8-9,11H2,1-5H3,(H,23,24). The molecule has 2 rings (SSSR count). The van der Waals surface area contributed by atoms with Gasteiger partial charge in [-0.1, -0.05) is 12.1 Å². The van der Waals surface area contributed by atoms with Crippen LogP contribution in [0.25, 0.3) is 0 Å². The molecular weight excluding hydrogens is 438 g/mol. The second kappa shape index (κ2) is 11.3. The molecule has 0 atom stereocenters. The molecule has 0 aliphatic carbocycles. The Hall–Kier alpha value is -3.40. The quantitative estimate of drug-likeness (QED) is 0.445. The molecule has 0 saturated carbocycles. The number of thiophene rings is 1. The molecule has 0 saturated heterocycles. The van der Waals surface area contributed by atoms with E-state index in [0.29, 0.717) is 11.3 Å². The monoisotopic (exact) mass is 463 g/mol. The molecule has 2 aromatic rings. The largest absolute Gasteiger partial charge is 0.493 e. The van der Waals surface area contributed by atoms with Crippen molar-refractivity contribution in [1.29, 1.82) is 0 Å². The van der Waals surface area contributed by atoms with Crippen LogP contribution in [0.5, 0.6) is 5.75 Å². The maximum Gasteiger partial charge on any atom is 0.348 e. The molecule has 0 unspecified atom stereocenters. The van der Waals surface area contributed by atoms with Crippen molar-refractivity contribution in [3.63, 3.8) is 0 Å². The minimum absolute atomic E-state index is 0.0412. The molecule has 0 bridgehead atoms. The molecule has 172 valence electrons. The van der Waals surface area contributed by atoms with Crippen molar-refractivity contribution in [2.24, 2.45) is 0 Å². The molecule has 0 fully saturated rings. The third kappa shape index (κ3) is 6.30. The molecule has 1 aromatic heterocycles. The van der Waals surface area contributed by atoms with Crippen LogP contribution in [0.1, 0.15) is 43.1 Å². The Morgan fingerprint density at radius 3 is 2.34 bits per heavy atom. The van der Waals surface area contributed by atoms with Gasteiger partial charge < -0.3 is 24.3 Å². The third-order valence-corrected chi connectivity index (χ3v) is 5.62. The number of carbonyl (C=O) groups is 4. The molecule has 1 aromatic carbocycles. The topological polar surface area (TPSA) is 117 Å². The summed E-state index contributed by atoms with van der Waals surface area (Å²) in [5.41, 5.74) is 2.35. The van der Waals surface area contributed by atoms with Gasteiger partial charge >= 0.3 is 17.9 Å². The van der Waals surface area contributed by atoms with Crippen molar-refractivity contribution in [2.75, 3.05) is 32.8 Å². The van der Waals surface area contributed by atoms with E-state index in [1.807, 2.05) is 32.0 Å². The summed E-state index contributed by atoms with van der Waals surface area (Å²) in [7, 11) is 2.39. The van der Waals surface area contributed by atoms with E-state index in [9.17, 15) is 19.2 Å². The number of carbonyl (C=O) groups excluding carboxylic acids is 4. The van der Waals surface area contributed by atoms with Crippen molar-refractivity contribution < 1.29 is 38.1 Å². The van der Waals surface area contributed by atoms with E-state index in [0.717, 1.165) is 22.5 Å². The van der Waals surface area contributed by atoms with Crippen LogP contribution in [0.2, 0.25) is 0 Å².